The molecule has 2 aromatic carbocycles. The summed E-state index contributed by atoms with van der Waals surface area (Å²) in [6.07, 6.45) is 6.88. The first-order valence-electron chi connectivity index (χ1n) is 6.89. The van der Waals surface area contributed by atoms with E-state index in [0.29, 0.717) is 16.7 Å². The molecule has 0 unspecified atom stereocenters. The minimum absolute atomic E-state index is 0.0628. The molecule has 0 bridgehead atoms. The summed E-state index contributed by atoms with van der Waals surface area (Å²) >= 11 is 1.33. The molecule has 0 spiro atoms. The summed E-state index contributed by atoms with van der Waals surface area (Å²) < 4.78 is 5.58. The number of amidine groups is 1. The number of carbonyl (C=O) groups excluding carboxylic acids is 1. The molecular formula is C17H13N3O2S. The molecule has 23 heavy (non-hydrogen) atoms. The highest BCUT2D eigenvalue weighted by atomic mass is 32.2. The number of fused-ring (bicyclic) bond motifs is 1. The van der Waals surface area contributed by atoms with Gasteiger partial charge in [0.2, 0.25) is 5.91 Å². The van der Waals surface area contributed by atoms with E-state index in [0.717, 1.165) is 16.3 Å². The molecule has 1 aliphatic rings. The quantitative estimate of drug-likeness (QED) is 0.534. The topological polar surface area (TPSA) is 63.1 Å². The van der Waals surface area contributed by atoms with E-state index in [1.807, 2.05) is 36.4 Å². The lowest BCUT2D eigenvalue weighted by atomic mass is 10.0. The van der Waals surface area contributed by atoms with Gasteiger partial charge in [0.1, 0.15) is 12.4 Å². The number of nitrogens with one attached hydrogen (secondary N) is 1. The molecule has 0 aliphatic carbocycles. The van der Waals surface area contributed by atoms with Crippen LogP contribution in [0.25, 0.3) is 10.8 Å². The van der Waals surface area contributed by atoms with Crippen molar-refractivity contribution in [2.75, 3.05) is 12.4 Å². The second-order valence-electron chi connectivity index (χ2n) is 4.68. The van der Waals surface area contributed by atoms with Gasteiger partial charge in [-0.2, -0.15) is 5.10 Å². The zero-order chi connectivity index (χ0) is 16.1. The van der Waals surface area contributed by atoms with Crippen molar-refractivity contribution in [1.29, 1.82) is 0 Å². The summed E-state index contributed by atoms with van der Waals surface area (Å²) in [4.78, 5) is 11.1. The van der Waals surface area contributed by atoms with Gasteiger partial charge in [-0.25, -0.2) is 0 Å². The third-order valence-electron chi connectivity index (χ3n) is 3.16. The van der Waals surface area contributed by atoms with Crippen LogP contribution in [0.2, 0.25) is 0 Å². The molecule has 1 fully saturated rings. The normalized spacial score (nSPS) is 16.0. The van der Waals surface area contributed by atoms with Crippen LogP contribution in [-0.2, 0) is 4.79 Å². The van der Waals surface area contributed by atoms with Crippen LogP contribution in [0.5, 0.6) is 5.75 Å². The maximum absolute atomic E-state index is 11.1. The smallest absolute Gasteiger partial charge is 0.236 e. The molecule has 1 saturated heterocycles. The number of hydrogen-bond donors (Lipinski definition) is 1. The molecule has 114 valence electrons. The van der Waals surface area contributed by atoms with Crippen molar-refractivity contribution in [3.63, 3.8) is 0 Å². The minimum atomic E-state index is -0.0628. The maximum atomic E-state index is 11.1. The molecule has 0 aromatic heterocycles. The van der Waals surface area contributed by atoms with Crippen LogP contribution in [0.4, 0.5) is 0 Å². The average Bonchev–Trinajstić information content (AvgIpc) is 2.99. The van der Waals surface area contributed by atoms with E-state index in [1.54, 1.807) is 6.21 Å². The Morgan fingerprint density at radius 1 is 1.35 bits per heavy atom. The van der Waals surface area contributed by atoms with Gasteiger partial charge in [-0.05, 0) is 16.8 Å². The Bertz CT molecular complexity index is 853. The van der Waals surface area contributed by atoms with Gasteiger partial charge in [0, 0.05) is 5.56 Å². The minimum Gasteiger partial charge on any atom is -0.480 e. The first-order valence-corrected chi connectivity index (χ1v) is 7.88. The SMILES string of the molecule is C#CCOc1ccc2ccccc2c1C=NN=C1NC(=O)CS1. The Labute approximate surface area is 137 Å². The van der Waals surface area contributed by atoms with E-state index in [-0.39, 0.29) is 12.5 Å². The number of amides is 1. The fourth-order valence-corrected chi connectivity index (χ4v) is 2.80. The molecule has 2 aromatic rings. The van der Waals surface area contributed by atoms with Gasteiger partial charge < -0.3 is 10.1 Å². The molecule has 0 radical (unpaired) electrons. The van der Waals surface area contributed by atoms with Crippen molar-refractivity contribution in [2.24, 2.45) is 10.2 Å². The van der Waals surface area contributed by atoms with Crippen molar-refractivity contribution in [3.8, 4) is 18.1 Å². The predicted octanol–water partition coefficient (Wildman–Crippen LogP) is 2.40. The number of terminal acetylenes is 1. The summed E-state index contributed by atoms with van der Waals surface area (Å²) in [6, 6.07) is 11.7. The third kappa shape index (κ3) is 3.52. The second kappa shape index (κ2) is 6.99. The zero-order valence-corrected chi connectivity index (χ0v) is 13.0. The number of benzene rings is 2. The highest BCUT2D eigenvalue weighted by Gasteiger charge is 2.16. The lowest BCUT2D eigenvalue weighted by Crippen LogP contribution is -2.19. The maximum Gasteiger partial charge on any atom is 0.236 e. The number of hydrogen-bond acceptors (Lipinski definition) is 5. The van der Waals surface area contributed by atoms with Gasteiger partial charge in [-0.1, -0.05) is 48.0 Å². The Hall–Kier alpha value is -2.78. The molecule has 1 amide bonds. The highest BCUT2D eigenvalue weighted by molar-refractivity contribution is 8.15. The third-order valence-corrected chi connectivity index (χ3v) is 4.03. The number of carbonyl (C=O) groups is 1. The lowest BCUT2D eigenvalue weighted by molar-refractivity contribution is -0.116. The van der Waals surface area contributed by atoms with E-state index in [1.165, 1.54) is 11.8 Å². The van der Waals surface area contributed by atoms with Crippen LogP contribution < -0.4 is 10.1 Å². The lowest BCUT2D eigenvalue weighted by Gasteiger charge is -2.09. The average molecular weight is 323 g/mol. The summed E-state index contributed by atoms with van der Waals surface area (Å²) in [5.74, 6) is 3.41. The van der Waals surface area contributed by atoms with Crippen LogP contribution in [0.1, 0.15) is 5.56 Å². The summed E-state index contributed by atoms with van der Waals surface area (Å²) in [6.45, 7) is 0.180. The fraction of sp³-hybridized carbons (Fsp3) is 0.118. The van der Waals surface area contributed by atoms with Crippen LogP contribution in [-0.4, -0.2) is 29.6 Å². The number of nitrogens with zero attached hydrogens (tertiary/aromatic N) is 2. The molecule has 5 nitrogen and oxygen atoms in total. The monoisotopic (exact) mass is 323 g/mol. The van der Waals surface area contributed by atoms with Gasteiger partial charge in [-0.3, -0.25) is 4.79 Å². The van der Waals surface area contributed by atoms with Gasteiger partial charge in [0.15, 0.2) is 5.17 Å². The molecule has 6 heteroatoms. The van der Waals surface area contributed by atoms with E-state index in [2.05, 4.69) is 21.4 Å². The molecular weight excluding hydrogens is 310 g/mol. The molecule has 1 heterocycles. The van der Waals surface area contributed by atoms with Crippen LogP contribution in [0, 0.1) is 12.3 Å². The number of rotatable bonds is 4. The first kappa shape index (κ1) is 15.1. The molecule has 1 N–H and O–H groups in total. The van der Waals surface area contributed by atoms with Gasteiger partial charge in [-0.15, -0.1) is 11.5 Å². The Morgan fingerprint density at radius 2 is 2.22 bits per heavy atom. The van der Waals surface area contributed by atoms with Gasteiger partial charge in [0.05, 0.1) is 12.0 Å². The standard InChI is InChI=1S/C17H13N3O2S/c1-2-9-22-15-8-7-12-5-3-4-6-13(12)14(15)10-18-20-17-19-16(21)11-23-17/h1,3-8,10H,9,11H2,(H,19,20,21). The molecule has 3 rings (SSSR count). The second-order valence-corrected chi connectivity index (χ2v) is 5.64. The van der Waals surface area contributed by atoms with Gasteiger partial charge in [0.25, 0.3) is 0 Å². The van der Waals surface area contributed by atoms with E-state index < -0.39 is 0 Å². The van der Waals surface area contributed by atoms with Crippen LogP contribution in [0.3, 0.4) is 0 Å². The van der Waals surface area contributed by atoms with Crippen molar-refractivity contribution in [2.45, 2.75) is 0 Å². The summed E-state index contributed by atoms with van der Waals surface area (Å²) in [5, 5.41) is 13.3. The molecule has 1 aliphatic heterocycles. The van der Waals surface area contributed by atoms with Crippen molar-refractivity contribution >= 4 is 39.8 Å². The highest BCUT2D eigenvalue weighted by Crippen LogP contribution is 2.26. The predicted molar refractivity (Wildman–Crippen MR) is 93.9 cm³/mol. The van der Waals surface area contributed by atoms with E-state index in [9.17, 15) is 4.79 Å². The number of ether oxygens (including phenoxy) is 1. The van der Waals surface area contributed by atoms with E-state index in [4.69, 9.17) is 11.2 Å². The van der Waals surface area contributed by atoms with Crippen molar-refractivity contribution in [3.05, 3.63) is 42.0 Å². The Balaban J connectivity index is 1.96. The van der Waals surface area contributed by atoms with Crippen LogP contribution in [0.15, 0.2) is 46.6 Å². The number of thioether (sulfide) groups is 1. The molecule has 0 atom stereocenters. The summed E-state index contributed by atoms with van der Waals surface area (Å²) in [5.41, 5.74) is 0.803. The Kier molecular flexibility index (Phi) is 4.60. The largest absolute Gasteiger partial charge is 0.480 e. The molecule has 0 saturated carbocycles. The van der Waals surface area contributed by atoms with Crippen LogP contribution >= 0.6 is 11.8 Å². The first-order chi connectivity index (χ1) is 11.3. The van der Waals surface area contributed by atoms with E-state index >= 15 is 0 Å². The Morgan fingerprint density at radius 3 is 3.00 bits per heavy atom. The zero-order valence-electron chi connectivity index (χ0n) is 12.2. The summed E-state index contributed by atoms with van der Waals surface area (Å²) in [7, 11) is 0. The fourth-order valence-electron chi connectivity index (χ4n) is 2.17. The van der Waals surface area contributed by atoms with Gasteiger partial charge >= 0.3 is 0 Å². The van der Waals surface area contributed by atoms with Crippen molar-refractivity contribution in [1.82, 2.24) is 5.32 Å². The van der Waals surface area contributed by atoms with Crippen molar-refractivity contribution < 1.29 is 9.53 Å².